The predicted octanol–water partition coefficient (Wildman–Crippen LogP) is 1.95. The van der Waals surface area contributed by atoms with Crippen molar-refractivity contribution in [2.45, 2.75) is 58.1 Å². The van der Waals surface area contributed by atoms with Crippen molar-refractivity contribution in [3.05, 3.63) is 11.4 Å². The van der Waals surface area contributed by atoms with E-state index in [1.807, 2.05) is 6.92 Å². The number of hydrogen-bond donors (Lipinski definition) is 2. The van der Waals surface area contributed by atoms with Gasteiger partial charge in [0.05, 0.1) is 18.8 Å². The first-order valence-corrected chi connectivity index (χ1v) is 7.85. The molecule has 1 aliphatic heterocycles. The van der Waals surface area contributed by atoms with Gasteiger partial charge in [0.25, 0.3) is 0 Å². The minimum absolute atomic E-state index is 0.275. The maximum Gasteiger partial charge on any atom is 0.148 e. The van der Waals surface area contributed by atoms with E-state index in [0.717, 1.165) is 42.6 Å². The highest BCUT2D eigenvalue weighted by Gasteiger charge is 2.37. The number of nitrogens with two attached hydrogens (primary N) is 1. The normalized spacial score (nSPS) is 25.3. The first-order valence-electron chi connectivity index (χ1n) is 7.85. The number of nitrogens with one attached hydrogen (secondary N) is 1. The van der Waals surface area contributed by atoms with Crippen LogP contribution in [0.25, 0.3) is 0 Å². The zero-order valence-electron chi connectivity index (χ0n) is 13.1. The van der Waals surface area contributed by atoms with Crippen molar-refractivity contribution in [3.63, 3.8) is 0 Å². The van der Waals surface area contributed by atoms with Crippen LogP contribution >= 0.6 is 0 Å². The number of morpholine rings is 1. The highest BCUT2D eigenvalue weighted by molar-refractivity contribution is 5.59. The highest BCUT2D eigenvalue weighted by atomic mass is 16.5. The van der Waals surface area contributed by atoms with E-state index in [-0.39, 0.29) is 5.92 Å². The summed E-state index contributed by atoms with van der Waals surface area (Å²) in [5.74, 6) is 8.50. The summed E-state index contributed by atoms with van der Waals surface area (Å²) in [5, 5.41) is 0. The summed E-state index contributed by atoms with van der Waals surface area (Å²) < 4.78 is 5.90. The van der Waals surface area contributed by atoms with Crippen molar-refractivity contribution in [2.75, 3.05) is 23.5 Å². The number of ether oxygens (including phenoxy) is 1. The fourth-order valence-electron chi connectivity index (χ4n) is 3.39. The monoisotopic (exact) mass is 291 g/mol. The zero-order chi connectivity index (χ0) is 15.0. The molecule has 3 rings (SSSR count). The fourth-order valence-corrected chi connectivity index (χ4v) is 3.39. The SMILES string of the molecule is Cc1c(NN)nc(C(C)C)nc1N1CCOC2CCCC21. The van der Waals surface area contributed by atoms with Crippen LogP contribution in [-0.4, -0.2) is 35.3 Å². The Morgan fingerprint density at radius 1 is 1.33 bits per heavy atom. The molecule has 116 valence electrons. The van der Waals surface area contributed by atoms with Crippen molar-refractivity contribution in [1.82, 2.24) is 9.97 Å². The molecule has 0 bridgehead atoms. The van der Waals surface area contributed by atoms with Gasteiger partial charge in [-0.3, -0.25) is 0 Å². The quantitative estimate of drug-likeness (QED) is 0.655. The second kappa shape index (κ2) is 5.77. The first kappa shape index (κ1) is 14.5. The smallest absolute Gasteiger partial charge is 0.148 e. The first-order chi connectivity index (χ1) is 10.1. The lowest BCUT2D eigenvalue weighted by Crippen LogP contribution is -2.49. The molecule has 21 heavy (non-hydrogen) atoms. The molecule has 2 aliphatic rings. The molecule has 2 heterocycles. The van der Waals surface area contributed by atoms with Gasteiger partial charge in [-0.25, -0.2) is 15.8 Å². The molecule has 1 aromatic rings. The average Bonchev–Trinajstić information content (AvgIpc) is 2.95. The topological polar surface area (TPSA) is 76.3 Å². The largest absolute Gasteiger partial charge is 0.374 e. The van der Waals surface area contributed by atoms with E-state index in [2.05, 4.69) is 29.2 Å². The Morgan fingerprint density at radius 3 is 2.86 bits per heavy atom. The number of hydrogen-bond acceptors (Lipinski definition) is 6. The van der Waals surface area contributed by atoms with Crippen molar-refractivity contribution in [1.29, 1.82) is 0 Å². The Kier molecular flexibility index (Phi) is 3.99. The van der Waals surface area contributed by atoms with E-state index in [0.29, 0.717) is 12.1 Å². The Hall–Kier alpha value is -1.40. The zero-order valence-corrected chi connectivity index (χ0v) is 13.1. The van der Waals surface area contributed by atoms with Gasteiger partial charge >= 0.3 is 0 Å². The van der Waals surface area contributed by atoms with E-state index >= 15 is 0 Å². The molecule has 0 aromatic carbocycles. The van der Waals surface area contributed by atoms with E-state index in [9.17, 15) is 0 Å². The summed E-state index contributed by atoms with van der Waals surface area (Å²) >= 11 is 0. The van der Waals surface area contributed by atoms with E-state index < -0.39 is 0 Å². The molecule has 6 heteroatoms. The van der Waals surface area contributed by atoms with Gasteiger partial charge in [-0.2, -0.15) is 0 Å². The van der Waals surface area contributed by atoms with Gasteiger partial charge in [0, 0.05) is 18.0 Å². The Balaban J connectivity index is 2.01. The third kappa shape index (κ3) is 2.58. The predicted molar refractivity (Wildman–Crippen MR) is 83.4 cm³/mol. The lowest BCUT2D eigenvalue weighted by molar-refractivity contribution is 0.0252. The van der Waals surface area contributed by atoms with Crippen LogP contribution in [0.2, 0.25) is 0 Å². The van der Waals surface area contributed by atoms with Crippen LogP contribution in [0.15, 0.2) is 0 Å². The molecular weight excluding hydrogens is 266 g/mol. The van der Waals surface area contributed by atoms with Crippen molar-refractivity contribution in [3.8, 4) is 0 Å². The third-order valence-corrected chi connectivity index (χ3v) is 4.54. The molecule has 1 saturated carbocycles. The lowest BCUT2D eigenvalue weighted by atomic mass is 10.1. The Bertz CT molecular complexity index is 519. The third-order valence-electron chi connectivity index (χ3n) is 4.54. The molecule has 1 aliphatic carbocycles. The van der Waals surface area contributed by atoms with Gasteiger partial charge in [0.1, 0.15) is 17.5 Å². The highest BCUT2D eigenvalue weighted by Crippen LogP contribution is 2.35. The van der Waals surface area contributed by atoms with Crippen molar-refractivity contribution < 1.29 is 4.74 Å². The number of nitrogens with zero attached hydrogens (tertiary/aromatic N) is 3. The molecule has 3 N–H and O–H groups in total. The second-order valence-electron chi connectivity index (χ2n) is 6.28. The van der Waals surface area contributed by atoms with Gasteiger partial charge in [0.15, 0.2) is 0 Å². The standard InChI is InChI=1S/C15H25N5O/c1-9(2)13-17-14(19-16)10(3)15(18-13)20-7-8-21-12-6-4-5-11(12)20/h9,11-12H,4-8,16H2,1-3H3,(H,17,18,19). The van der Waals surface area contributed by atoms with Crippen molar-refractivity contribution in [2.24, 2.45) is 5.84 Å². The van der Waals surface area contributed by atoms with E-state index in [1.165, 1.54) is 12.8 Å². The van der Waals surface area contributed by atoms with Gasteiger partial charge in [0.2, 0.25) is 0 Å². The molecule has 2 atom stereocenters. The minimum Gasteiger partial charge on any atom is -0.374 e. The van der Waals surface area contributed by atoms with E-state index in [1.54, 1.807) is 0 Å². The summed E-state index contributed by atoms with van der Waals surface area (Å²) in [6, 6.07) is 0.443. The number of nitrogen functional groups attached to an aromatic ring is 1. The molecule has 0 amide bonds. The summed E-state index contributed by atoms with van der Waals surface area (Å²) in [5.41, 5.74) is 3.74. The summed E-state index contributed by atoms with van der Waals surface area (Å²) in [7, 11) is 0. The molecule has 0 radical (unpaired) electrons. The van der Waals surface area contributed by atoms with Crippen LogP contribution in [0.4, 0.5) is 11.6 Å². The van der Waals surface area contributed by atoms with Crippen molar-refractivity contribution >= 4 is 11.6 Å². The average molecular weight is 291 g/mol. The van der Waals surface area contributed by atoms with Crippen LogP contribution in [0.5, 0.6) is 0 Å². The summed E-state index contributed by atoms with van der Waals surface area (Å²) in [6.45, 7) is 7.90. The maximum atomic E-state index is 5.90. The van der Waals surface area contributed by atoms with E-state index in [4.69, 9.17) is 15.6 Å². The molecule has 2 fully saturated rings. The van der Waals surface area contributed by atoms with Gasteiger partial charge in [-0.05, 0) is 26.2 Å². The van der Waals surface area contributed by atoms with Gasteiger partial charge in [-0.1, -0.05) is 13.8 Å². The summed E-state index contributed by atoms with van der Waals surface area (Å²) in [6.07, 6.45) is 3.92. The molecular formula is C15H25N5O. The maximum absolute atomic E-state index is 5.90. The lowest BCUT2D eigenvalue weighted by Gasteiger charge is -2.39. The van der Waals surface area contributed by atoms with Gasteiger partial charge in [-0.15, -0.1) is 0 Å². The van der Waals surface area contributed by atoms with Crippen LogP contribution < -0.4 is 16.2 Å². The molecule has 1 saturated heterocycles. The Morgan fingerprint density at radius 2 is 2.14 bits per heavy atom. The molecule has 0 spiro atoms. The summed E-state index contributed by atoms with van der Waals surface area (Å²) in [4.78, 5) is 11.8. The van der Waals surface area contributed by atoms with Gasteiger partial charge < -0.3 is 15.1 Å². The fraction of sp³-hybridized carbons (Fsp3) is 0.733. The van der Waals surface area contributed by atoms with Crippen LogP contribution in [0, 0.1) is 6.92 Å². The second-order valence-corrected chi connectivity index (χ2v) is 6.28. The van der Waals surface area contributed by atoms with Crippen LogP contribution in [-0.2, 0) is 4.74 Å². The number of aromatic nitrogens is 2. The molecule has 2 unspecified atom stereocenters. The molecule has 6 nitrogen and oxygen atoms in total. The molecule has 1 aromatic heterocycles. The number of anilines is 2. The number of rotatable bonds is 3. The van der Waals surface area contributed by atoms with Crippen LogP contribution in [0.3, 0.4) is 0 Å². The number of fused-ring (bicyclic) bond motifs is 1. The number of hydrazine groups is 1. The Labute approximate surface area is 126 Å². The minimum atomic E-state index is 0.275. The van der Waals surface area contributed by atoms with Crippen LogP contribution in [0.1, 0.15) is 50.4 Å².